The van der Waals surface area contributed by atoms with Crippen LogP contribution in [0.25, 0.3) is 0 Å². The summed E-state index contributed by atoms with van der Waals surface area (Å²) in [5, 5.41) is 0. The molecule has 1 aromatic carbocycles. The summed E-state index contributed by atoms with van der Waals surface area (Å²) < 4.78 is 17.1. The van der Waals surface area contributed by atoms with Crippen LogP contribution >= 0.6 is 0 Å². The van der Waals surface area contributed by atoms with Crippen LogP contribution in [0.4, 0.5) is 0 Å². The molecule has 5 heteroatoms. The SMILES string of the molecule is CCC1=NC2(OC)CC(OCc3ccccc3)C1(C)OC2=O. The predicted octanol–water partition coefficient (Wildman–Crippen LogP) is 2.48. The number of methoxy groups -OCH3 is 1. The van der Waals surface area contributed by atoms with Crippen molar-refractivity contribution in [1.29, 1.82) is 0 Å². The molecule has 0 radical (unpaired) electrons. The van der Waals surface area contributed by atoms with Crippen molar-refractivity contribution in [3.8, 4) is 0 Å². The molecular weight excluding hydrogens is 282 g/mol. The zero-order valence-corrected chi connectivity index (χ0v) is 13.2. The largest absolute Gasteiger partial charge is 0.447 e. The van der Waals surface area contributed by atoms with Crippen molar-refractivity contribution in [2.75, 3.05) is 7.11 Å². The number of carbonyl (C=O) groups is 1. The average Bonchev–Trinajstić information content (AvgIpc) is 2.54. The van der Waals surface area contributed by atoms with Gasteiger partial charge in [-0.15, -0.1) is 0 Å². The highest BCUT2D eigenvalue weighted by molar-refractivity contribution is 6.01. The molecule has 1 saturated heterocycles. The maximum absolute atomic E-state index is 12.2. The minimum absolute atomic E-state index is 0.266. The maximum Gasteiger partial charge on any atom is 0.362 e. The minimum atomic E-state index is -1.25. The predicted molar refractivity (Wildman–Crippen MR) is 81.6 cm³/mol. The Balaban J connectivity index is 1.84. The lowest BCUT2D eigenvalue weighted by molar-refractivity contribution is -0.223. The number of benzene rings is 1. The van der Waals surface area contributed by atoms with Crippen LogP contribution in [0.15, 0.2) is 35.3 Å². The van der Waals surface area contributed by atoms with Gasteiger partial charge in [0, 0.05) is 13.5 Å². The summed E-state index contributed by atoms with van der Waals surface area (Å²) in [5.74, 6) is -0.422. The van der Waals surface area contributed by atoms with Gasteiger partial charge in [-0.3, -0.25) is 0 Å². The molecule has 0 N–H and O–H groups in total. The number of ether oxygens (including phenoxy) is 3. The van der Waals surface area contributed by atoms with E-state index in [-0.39, 0.29) is 6.10 Å². The van der Waals surface area contributed by atoms with Crippen molar-refractivity contribution in [2.45, 2.75) is 50.7 Å². The number of carbonyl (C=O) groups excluding carboxylic acids is 1. The molecule has 0 saturated carbocycles. The second-order valence-electron chi connectivity index (χ2n) is 5.89. The molecule has 0 spiro atoms. The van der Waals surface area contributed by atoms with E-state index in [1.165, 1.54) is 7.11 Å². The van der Waals surface area contributed by atoms with Gasteiger partial charge in [0.05, 0.1) is 12.3 Å². The highest BCUT2D eigenvalue weighted by Gasteiger charge is 2.62. The number of rotatable bonds is 5. The quantitative estimate of drug-likeness (QED) is 0.784. The first-order chi connectivity index (χ1) is 10.5. The van der Waals surface area contributed by atoms with Crippen molar-refractivity contribution < 1.29 is 19.0 Å². The Morgan fingerprint density at radius 3 is 2.73 bits per heavy atom. The Hall–Kier alpha value is -1.72. The first-order valence-electron chi connectivity index (χ1n) is 7.57. The van der Waals surface area contributed by atoms with Crippen LogP contribution in [0.5, 0.6) is 0 Å². The van der Waals surface area contributed by atoms with Crippen LogP contribution in [-0.2, 0) is 25.6 Å². The van der Waals surface area contributed by atoms with E-state index in [2.05, 4.69) is 4.99 Å². The Bertz CT molecular complexity index is 600. The minimum Gasteiger partial charge on any atom is -0.447 e. The van der Waals surface area contributed by atoms with E-state index in [0.717, 1.165) is 11.3 Å². The van der Waals surface area contributed by atoms with Gasteiger partial charge in [-0.05, 0) is 18.9 Å². The molecule has 0 amide bonds. The van der Waals surface area contributed by atoms with Crippen LogP contribution in [-0.4, -0.2) is 36.2 Å². The second-order valence-corrected chi connectivity index (χ2v) is 5.89. The van der Waals surface area contributed by atoms with Crippen LogP contribution in [0.1, 0.15) is 32.3 Å². The number of hydrogen-bond donors (Lipinski definition) is 0. The average molecular weight is 303 g/mol. The standard InChI is InChI=1S/C17H21NO4/c1-4-13-16(2)14(21-11-12-8-6-5-7-9-12)10-17(18-13,20-3)15(19)22-16/h5-9,14H,4,10-11H2,1-3H3. The normalized spacial score (nSPS) is 33.5. The zero-order valence-electron chi connectivity index (χ0n) is 13.2. The molecule has 0 aliphatic carbocycles. The van der Waals surface area contributed by atoms with Gasteiger partial charge in [0.15, 0.2) is 5.60 Å². The van der Waals surface area contributed by atoms with E-state index in [4.69, 9.17) is 14.2 Å². The summed E-state index contributed by atoms with van der Waals surface area (Å²) in [4.78, 5) is 16.7. The molecule has 5 nitrogen and oxygen atoms in total. The summed E-state index contributed by atoms with van der Waals surface area (Å²) in [5.41, 5.74) is -0.149. The lowest BCUT2D eigenvalue weighted by Crippen LogP contribution is -2.67. The van der Waals surface area contributed by atoms with Gasteiger partial charge in [0.2, 0.25) is 0 Å². The fourth-order valence-electron chi connectivity index (χ4n) is 3.16. The van der Waals surface area contributed by atoms with E-state index < -0.39 is 17.3 Å². The Labute approximate surface area is 130 Å². The molecule has 3 heterocycles. The third-order valence-corrected chi connectivity index (χ3v) is 4.56. The highest BCUT2D eigenvalue weighted by Crippen LogP contribution is 2.43. The fraction of sp³-hybridized carbons (Fsp3) is 0.529. The van der Waals surface area contributed by atoms with Gasteiger partial charge >= 0.3 is 5.97 Å². The Kier molecular flexibility index (Phi) is 3.78. The summed E-state index contributed by atoms with van der Waals surface area (Å²) in [7, 11) is 1.49. The second kappa shape index (κ2) is 5.48. The van der Waals surface area contributed by atoms with E-state index in [1.807, 2.05) is 44.2 Å². The Morgan fingerprint density at radius 2 is 2.09 bits per heavy atom. The number of aliphatic imine (C=N–C) groups is 1. The van der Waals surface area contributed by atoms with E-state index >= 15 is 0 Å². The van der Waals surface area contributed by atoms with Crippen molar-refractivity contribution in [2.24, 2.45) is 4.99 Å². The summed E-state index contributed by atoms with van der Waals surface area (Å²) in [6, 6.07) is 9.94. The molecule has 118 valence electrons. The van der Waals surface area contributed by atoms with Gasteiger partial charge in [-0.2, -0.15) is 0 Å². The van der Waals surface area contributed by atoms with Crippen molar-refractivity contribution in [3.63, 3.8) is 0 Å². The van der Waals surface area contributed by atoms with Gasteiger partial charge in [-0.1, -0.05) is 37.3 Å². The van der Waals surface area contributed by atoms with E-state index in [1.54, 1.807) is 0 Å². The summed E-state index contributed by atoms with van der Waals surface area (Å²) in [6.45, 7) is 4.34. The molecule has 4 rings (SSSR count). The molecule has 3 unspecified atom stereocenters. The molecule has 0 aromatic heterocycles. The third kappa shape index (κ3) is 2.25. The molecule has 1 fully saturated rings. The third-order valence-electron chi connectivity index (χ3n) is 4.56. The molecule has 1 aromatic rings. The lowest BCUT2D eigenvalue weighted by atomic mass is 9.79. The molecule has 3 atom stereocenters. The van der Waals surface area contributed by atoms with Crippen LogP contribution in [0.2, 0.25) is 0 Å². The molecule has 2 bridgehead atoms. The molecule has 3 aliphatic rings. The van der Waals surface area contributed by atoms with E-state index in [0.29, 0.717) is 19.4 Å². The number of nitrogens with zero attached hydrogens (tertiary/aromatic N) is 1. The maximum atomic E-state index is 12.2. The Morgan fingerprint density at radius 1 is 1.36 bits per heavy atom. The molecular formula is C17H21NO4. The van der Waals surface area contributed by atoms with Gasteiger partial charge in [-0.25, -0.2) is 9.79 Å². The fourth-order valence-corrected chi connectivity index (χ4v) is 3.16. The van der Waals surface area contributed by atoms with E-state index in [9.17, 15) is 4.79 Å². The van der Waals surface area contributed by atoms with Crippen LogP contribution in [0, 0.1) is 0 Å². The summed E-state index contributed by atoms with van der Waals surface area (Å²) >= 11 is 0. The molecule has 22 heavy (non-hydrogen) atoms. The van der Waals surface area contributed by atoms with Gasteiger partial charge in [0.25, 0.3) is 5.72 Å². The first kappa shape index (κ1) is 15.2. The number of fused-ring (bicyclic) bond motifs is 2. The number of hydrogen-bond acceptors (Lipinski definition) is 5. The van der Waals surface area contributed by atoms with Gasteiger partial charge < -0.3 is 14.2 Å². The topological polar surface area (TPSA) is 57.1 Å². The van der Waals surface area contributed by atoms with Gasteiger partial charge in [0.1, 0.15) is 6.10 Å². The monoisotopic (exact) mass is 303 g/mol. The molecule has 3 aliphatic heterocycles. The smallest absolute Gasteiger partial charge is 0.362 e. The lowest BCUT2D eigenvalue weighted by Gasteiger charge is -2.51. The number of esters is 1. The van der Waals surface area contributed by atoms with Crippen LogP contribution < -0.4 is 0 Å². The van der Waals surface area contributed by atoms with Crippen molar-refractivity contribution in [1.82, 2.24) is 0 Å². The first-order valence-corrected chi connectivity index (χ1v) is 7.57. The van der Waals surface area contributed by atoms with Crippen molar-refractivity contribution in [3.05, 3.63) is 35.9 Å². The van der Waals surface area contributed by atoms with Crippen molar-refractivity contribution >= 4 is 11.7 Å². The zero-order chi connectivity index (χ0) is 15.8. The highest BCUT2D eigenvalue weighted by atomic mass is 16.6. The summed E-state index contributed by atoms with van der Waals surface area (Å²) in [6.07, 6.45) is 0.813. The van der Waals surface area contributed by atoms with Crippen LogP contribution in [0.3, 0.4) is 0 Å².